The zero-order valence-corrected chi connectivity index (χ0v) is 9.59. The van der Waals surface area contributed by atoms with E-state index >= 15 is 0 Å². The summed E-state index contributed by atoms with van der Waals surface area (Å²) in [5.74, 6) is 0.648. The van der Waals surface area contributed by atoms with E-state index in [0.717, 1.165) is 13.0 Å². The van der Waals surface area contributed by atoms with Crippen LogP contribution in [0.25, 0.3) is 0 Å². The molecule has 0 bridgehead atoms. The quantitative estimate of drug-likeness (QED) is 0.427. The Morgan fingerprint density at radius 1 is 1.46 bits per heavy atom. The third-order valence-corrected chi connectivity index (χ3v) is 2.23. The molecule has 1 nitrogen and oxygen atoms in total. The topological polar surface area (TPSA) is 9.23 Å². The Kier molecular flexibility index (Phi) is 14.5. The van der Waals surface area contributed by atoms with E-state index in [1.54, 1.807) is 0 Å². The fraction of sp³-hybridized carbons (Fsp3) is 0.889. The molecule has 13 heavy (non-hydrogen) atoms. The maximum absolute atomic E-state index is 5.19. The summed E-state index contributed by atoms with van der Waals surface area (Å²) in [4.78, 5) is 0. The van der Waals surface area contributed by atoms with E-state index in [2.05, 4.69) is 26.5 Å². The van der Waals surface area contributed by atoms with Crippen LogP contribution in [0.1, 0.15) is 39.5 Å². The van der Waals surface area contributed by atoms with Crippen molar-refractivity contribution in [3.63, 3.8) is 0 Å². The van der Waals surface area contributed by atoms with Gasteiger partial charge in [-0.25, -0.2) is 0 Å². The van der Waals surface area contributed by atoms with E-state index in [9.17, 15) is 0 Å². The Morgan fingerprint density at radius 2 is 2.08 bits per heavy atom. The monoisotopic (exact) mass is 230 g/mol. The van der Waals surface area contributed by atoms with Gasteiger partial charge in [-0.3, -0.25) is 0 Å². The molecule has 0 fully saturated rings. The third-order valence-electron chi connectivity index (χ3n) is 1.99. The molecule has 0 saturated carbocycles. The first-order chi connectivity index (χ1) is 5.70. The Balaban J connectivity index is 0. The number of hydrogen-bond acceptors (Lipinski definition) is 2. The van der Waals surface area contributed by atoms with Crippen LogP contribution < -0.4 is 0 Å². The molecular weight excluding hydrogens is 211 g/mol. The molecule has 4 heteroatoms. The van der Waals surface area contributed by atoms with Crippen molar-refractivity contribution in [3.05, 3.63) is 0 Å². The number of thiocarbonyl (C=S) groups is 1. The van der Waals surface area contributed by atoms with E-state index in [-0.39, 0.29) is 29.6 Å². The van der Waals surface area contributed by atoms with Gasteiger partial charge in [0.1, 0.15) is 0 Å². The van der Waals surface area contributed by atoms with Crippen LogP contribution in [0.2, 0.25) is 0 Å². The van der Waals surface area contributed by atoms with Gasteiger partial charge in [0.2, 0.25) is 4.38 Å². The van der Waals surface area contributed by atoms with Gasteiger partial charge >= 0.3 is 29.6 Å². The predicted octanol–water partition coefficient (Wildman–Crippen LogP) is 2.79. The van der Waals surface area contributed by atoms with Gasteiger partial charge in [0, 0.05) is 0 Å². The fourth-order valence-corrected chi connectivity index (χ4v) is 1.23. The molecule has 0 aliphatic rings. The van der Waals surface area contributed by atoms with Crippen LogP contribution in [-0.2, 0) is 4.74 Å². The van der Waals surface area contributed by atoms with Gasteiger partial charge in [0.05, 0.1) is 6.61 Å². The first-order valence-electron chi connectivity index (χ1n) is 4.56. The molecule has 0 N–H and O–H groups in total. The van der Waals surface area contributed by atoms with Crippen molar-refractivity contribution in [3.8, 4) is 0 Å². The molecule has 0 spiro atoms. The zero-order valence-electron chi connectivity index (χ0n) is 7.88. The number of unbranched alkanes of at least 4 members (excludes halogenated alkanes) is 1. The van der Waals surface area contributed by atoms with Crippen LogP contribution in [0.4, 0.5) is 0 Å². The van der Waals surface area contributed by atoms with Crippen LogP contribution in [-0.4, -0.2) is 40.5 Å². The van der Waals surface area contributed by atoms with Gasteiger partial charge in [0.25, 0.3) is 0 Å². The Hall–Kier alpha value is 1.24. The minimum absolute atomic E-state index is 0. The van der Waals surface area contributed by atoms with Crippen molar-refractivity contribution >= 4 is 58.8 Å². The van der Waals surface area contributed by atoms with Gasteiger partial charge in [-0.05, 0) is 24.6 Å². The average Bonchev–Trinajstić information content (AvgIpc) is 2.05. The van der Waals surface area contributed by atoms with Gasteiger partial charge in [-0.15, -0.1) is 0 Å². The average molecular weight is 230 g/mol. The first kappa shape index (κ1) is 16.7. The van der Waals surface area contributed by atoms with Crippen molar-refractivity contribution in [1.82, 2.24) is 0 Å². The molecule has 0 rings (SSSR count). The summed E-state index contributed by atoms with van der Waals surface area (Å²) in [6, 6.07) is 0. The van der Waals surface area contributed by atoms with Crippen molar-refractivity contribution in [1.29, 1.82) is 0 Å². The van der Waals surface area contributed by atoms with Gasteiger partial charge < -0.3 is 4.74 Å². The van der Waals surface area contributed by atoms with Gasteiger partial charge in [-0.1, -0.05) is 45.7 Å². The summed E-state index contributed by atoms with van der Waals surface area (Å²) >= 11 is 8.63. The van der Waals surface area contributed by atoms with E-state index in [1.807, 2.05) is 0 Å². The second kappa shape index (κ2) is 11.3. The normalized spacial score (nSPS) is 11.6. The maximum atomic E-state index is 5.19. The molecule has 0 radical (unpaired) electrons. The number of thiol groups is 1. The third kappa shape index (κ3) is 11.2. The molecular formula is C9H19NaOS2. The number of rotatable bonds is 6. The molecule has 1 atom stereocenters. The second-order valence-electron chi connectivity index (χ2n) is 2.99. The van der Waals surface area contributed by atoms with Crippen LogP contribution >= 0.6 is 24.8 Å². The first-order valence-corrected chi connectivity index (χ1v) is 5.41. The van der Waals surface area contributed by atoms with Crippen LogP contribution in [0, 0.1) is 5.92 Å². The van der Waals surface area contributed by atoms with E-state index in [4.69, 9.17) is 17.0 Å². The van der Waals surface area contributed by atoms with Crippen molar-refractivity contribution in [2.24, 2.45) is 5.92 Å². The molecule has 0 aliphatic carbocycles. The molecule has 1 unspecified atom stereocenters. The second-order valence-corrected chi connectivity index (χ2v) is 4.07. The summed E-state index contributed by atoms with van der Waals surface area (Å²) in [6.45, 7) is 5.13. The summed E-state index contributed by atoms with van der Waals surface area (Å²) in [6.07, 6.45) is 4.93. The molecule has 0 aromatic heterocycles. The van der Waals surface area contributed by atoms with E-state index < -0.39 is 0 Å². The molecule has 0 aromatic rings. The molecule has 0 aromatic carbocycles. The Morgan fingerprint density at radius 3 is 2.46 bits per heavy atom. The van der Waals surface area contributed by atoms with Crippen molar-refractivity contribution in [2.75, 3.05) is 6.61 Å². The molecule has 0 aliphatic heterocycles. The number of ether oxygens (including phenoxy) is 1. The van der Waals surface area contributed by atoms with Gasteiger partial charge in [-0.2, -0.15) is 0 Å². The van der Waals surface area contributed by atoms with Crippen molar-refractivity contribution in [2.45, 2.75) is 39.5 Å². The number of hydrogen-bond donors (Lipinski definition) is 1. The predicted molar refractivity (Wildman–Crippen MR) is 68.0 cm³/mol. The summed E-state index contributed by atoms with van der Waals surface area (Å²) in [5.41, 5.74) is 0. The summed E-state index contributed by atoms with van der Waals surface area (Å²) < 4.78 is 5.55. The van der Waals surface area contributed by atoms with Crippen molar-refractivity contribution < 1.29 is 4.74 Å². The molecule has 0 heterocycles. The molecule has 0 amide bonds. The van der Waals surface area contributed by atoms with Crippen LogP contribution in [0.5, 0.6) is 0 Å². The molecule has 0 saturated heterocycles. The zero-order chi connectivity index (χ0) is 9.40. The minimum atomic E-state index is 0. The molecule has 74 valence electrons. The Bertz CT molecular complexity index is 131. The van der Waals surface area contributed by atoms with Gasteiger partial charge in [0.15, 0.2) is 0 Å². The standard InChI is InChI=1S/C9H18OS2.Na.H/c1-3-5-6-8(4-2)7-10-9(11)12;;/h8H,3-7H2,1-2H3,(H,11,12);;. The van der Waals surface area contributed by atoms with Crippen LogP contribution in [0.3, 0.4) is 0 Å². The van der Waals surface area contributed by atoms with E-state index in [1.165, 1.54) is 19.3 Å². The fourth-order valence-electron chi connectivity index (χ4n) is 1.09. The Labute approximate surface area is 115 Å². The van der Waals surface area contributed by atoms with E-state index in [0.29, 0.717) is 10.3 Å². The summed E-state index contributed by atoms with van der Waals surface area (Å²) in [5, 5.41) is 0. The summed E-state index contributed by atoms with van der Waals surface area (Å²) in [7, 11) is 0. The SMILES string of the molecule is CCCCC(CC)COC(=S)S.[NaH]. The van der Waals surface area contributed by atoms with Crippen LogP contribution in [0.15, 0.2) is 0 Å².